The van der Waals surface area contributed by atoms with E-state index in [4.69, 9.17) is 0 Å². The highest BCUT2D eigenvalue weighted by Crippen LogP contribution is 2.26. The maximum Gasteiger partial charge on any atom is 0.177 e. The maximum atomic E-state index is 2.23. The molecule has 1 heteroatoms. The van der Waals surface area contributed by atoms with Crippen molar-refractivity contribution in [1.82, 2.24) is 0 Å². The van der Waals surface area contributed by atoms with Crippen LogP contribution in [0, 0.1) is 0 Å². The second kappa shape index (κ2) is 5.16. The lowest BCUT2D eigenvalue weighted by molar-refractivity contribution is 1.76. The van der Waals surface area contributed by atoms with Crippen LogP contribution in [0.25, 0.3) is 0 Å². The van der Waals surface area contributed by atoms with Crippen molar-refractivity contribution in [3.63, 3.8) is 0 Å². The average molecular weight is 249 g/mol. The number of rotatable bonds is 2. The second-order valence-corrected chi connectivity index (χ2v) is 6.37. The number of benzene rings is 2. The van der Waals surface area contributed by atoms with Crippen molar-refractivity contribution >= 4 is 23.4 Å². The summed E-state index contributed by atoms with van der Waals surface area (Å²) in [7, 11) is -0.409. The lowest BCUT2D eigenvalue weighted by atomic mass is 10.4. The average Bonchev–Trinajstić information content (AvgIpc) is 2.95. The van der Waals surface area contributed by atoms with Crippen LogP contribution in [-0.2, 0) is 0 Å². The molecule has 0 bridgehead atoms. The maximum absolute atomic E-state index is 2.23. The topological polar surface area (TPSA) is 0 Å². The van der Waals surface area contributed by atoms with E-state index in [1.54, 1.807) is 0 Å². The van der Waals surface area contributed by atoms with Crippen LogP contribution in [0.5, 0.6) is 0 Å². The molecule has 0 fully saturated rings. The van der Waals surface area contributed by atoms with Gasteiger partial charge >= 0.3 is 0 Å². The van der Waals surface area contributed by atoms with E-state index in [1.165, 1.54) is 15.9 Å². The van der Waals surface area contributed by atoms with Gasteiger partial charge in [-0.25, -0.2) is 0 Å². The Bertz CT molecular complexity index is 564. The molecule has 86 valence electrons. The van der Waals surface area contributed by atoms with E-state index >= 15 is 0 Å². The molecule has 0 amide bonds. The molecule has 0 saturated carbocycles. The predicted octanol–water partition coefficient (Wildman–Crippen LogP) is 3.42. The van der Waals surface area contributed by atoms with E-state index in [1.807, 2.05) is 0 Å². The van der Waals surface area contributed by atoms with Gasteiger partial charge in [-0.3, -0.25) is 0 Å². The molecule has 0 radical (unpaired) electrons. The number of hydrogen-bond donors (Lipinski definition) is 0. The minimum absolute atomic E-state index is 0.409. The largest absolute Gasteiger partial charge is 0.177 e. The first-order chi connectivity index (χ1) is 8.95. The van der Waals surface area contributed by atoms with Crippen LogP contribution >= 0.6 is 7.55 Å². The Hall–Kier alpha value is -1.91. The summed E-state index contributed by atoms with van der Waals surface area (Å²) in [6, 6.07) is 21.6. The van der Waals surface area contributed by atoms with Crippen LogP contribution in [0.2, 0.25) is 0 Å². The summed E-state index contributed by atoms with van der Waals surface area (Å²) in [6.45, 7) is 0. The first kappa shape index (κ1) is 11.2. The first-order valence-electron chi connectivity index (χ1n) is 6.07. The summed E-state index contributed by atoms with van der Waals surface area (Å²) in [5.41, 5.74) is 0. The van der Waals surface area contributed by atoms with Gasteiger partial charge in [0.25, 0.3) is 0 Å². The van der Waals surface area contributed by atoms with Gasteiger partial charge in [-0.05, 0) is 36.4 Å². The standard InChI is InChI=1S/C17H14P/c1-3-9-15(10-4-1)18(17-13-7-8-14-17)16-11-5-2-6-12-16/h1-14H/q+1. The highest BCUT2D eigenvalue weighted by atomic mass is 31.1. The molecule has 0 aliphatic heterocycles. The molecular weight excluding hydrogens is 235 g/mol. The van der Waals surface area contributed by atoms with Crippen molar-refractivity contribution in [2.75, 3.05) is 0 Å². The van der Waals surface area contributed by atoms with Crippen LogP contribution in [0.1, 0.15) is 0 Å². The highest BCUT2D eigenvalue weighted by Gasteiger charge is 2.22. The van der Waals surface area contributed by atoms with Gasteiger partial charge in [-0.2, -0.15) is 0 Å². The fourth-order valence-corrected chi connectivity index (χ4v) is 4.42. The second-order valence-electron chi connectivity index (χ2n) is 4.15. The van der Waals surface area contributed by atoms with E-state index in [-0.39, 0.29) is 0 Å². The molecule has 0 spiro atoms. The predicted molar refractivity (Wildman–Crippen MR) is 82.4 cm³/mol. The molecule has 0 heterocycles. The smallest absolute Gasteiger partial charge is 0.0619 e. The Labute approximate surface area is 109 Å². The van der Waals surface area contributed by atoms with E-state index in [0.29, 0.717) is 0 Å². The molecule has 2 aromatic carbocycles. The quantitative estimate of drug-likeness (QED) is 0.715. The van der Waals surface area contributed by atoms with Crippen molar-refractivity contribution in [1.29, 1.82) is 0 Å². The Kier molecular flexibility index (Phi) is 3.21. The van der Waals surface area contributed by atoms with Gasteiger partial charge in [-0.15, -0.1) is 0 Å². The van der Waals surface area contributed by atoms with Gasteiger partial charge in [-0.1, -0.05) is 48.6 Å². The van der Waals surface area contributed by atoms with Crippen LogP contribution in [0.15, 0.2) is 85.0 Å². The molecule has 1 aliphatic carbocycles. The summed E-state index contributed by atoms with van der Waals surface area (Å²) in [6.07, 6.45) is 8.70. The molecule has 0 nitrogen and oxygen atoms in total. The Morgan fingerprint density at radius 3 is 1.44 bits per heavy atom. The third-order valence-electron chi connectivity index (χ3n) is 2.93. The third-order valence-corrected chi connectivity index (χ3v) is 5.38. The zero-order chi connectivity index (χ0) is 12.2. The Balaban J connectivity index is 2.21. The van der Waals surface area contributed by atoms with Crippen molar-refractivity contribution in [3.8, 4) is 0 Å². The molecule has 0 atom stereocenters. The first-order valence-corrected chi connectivity index (χ1v) is 7.41. The molecule has 18 heavy (non-hydrogen) atoms. The SMILES string of the molecule is C1=CC(=[P+](c2ccccc2)c2ccccc2)C=C1. The summed E-state index contributed by atoms with van der Waals surface area (Å²) in [4.78, 5) is 0. The summed E-state index contributed by atoms with van der Waals surface area (Å²) >= 11 is 0. The van der Waals surface area contributed by atoms with E-state index in [0.717, 1.165) is 0 Å². The van der Waals surface area contributed by atoms with Crippen molar-refractivity contribution in [2.45, 2.75) is 0 Å². The Morgan fingerprint density at radius 1 is 0.556 bits per heavy atom. The van der Waals surface area contributed by atoms with Crippen molar-refractivity contribution in [3.05, 3.63) is 85.0 Å². The number of hydrogen-bond acceptors (Lipinski definition) is 0. The molecule has 3 rings (SSSR count). The molecular formula is C17H14P+. The molecule has 0 N–H and O–H groups in total. The monoisotopic (exact) mass is 249 g/mol. The lowest BCUT2D eigenvalue weighted by Crippen LogP contribution is -2.10. The molecule has 0 saturated heterocycles. The van der Waals surface area contributed by atoms with Crippen LogP contribution in [0.4, 0.5) is 0 Å². The van der Waals surface area contributed by atoms with Crippen LogP contribution in [0.3, 0.4) is 0 Å². The minimum Gasteiger partial charge on any atom is -0.0619 e. The van der Waals surface area contributed by atoms with Crippen molar-refractivity contribution in [2.24, 2.45) is 0 Å². The van der Waals surface area contributed by atoms with Gasteiger partial charge in [0.2, 0.25) is 0 Å². The van der Waals surface area contributed by atoms with E-state index in [9.17, 15) is 0 Å². The van der Waals surface area contributed by atoms with Gasteiger partial charge < -0.3 is 0 Å². The van der Waals surface area contributed by atoms with Gasteiger partial charge in [0, 0.05) is 0 Å². The van der Waals surface area contributed by atoms with Crippen LogP contribution < -0.4 is 10.6 Å². The molecule has 2 aromatic rings. The zero-order valence-corrected chi connectivity index (χ0v) is 10.9. The van der Waals surface area contributed by atoms with Crippen molar-refractivity contribution < 1.29 is 0 Å². The van der Waals surface area contributed by atoms with E-state index < -0.39 is 7.55 Å². The summed E-state index contributed by atoms with van der Waals surface area (Å²) < 4.78 is 0. The fraction of sp³-hybridized carbons (Fsp3) is 0. The van der Waals surface area contributed by atoms with Gasteiger partial charge in [0.15, 0.2) is 23.4 Å². The number of allylic oxidation sites excluding steroid dienone is 4. The summed E-state index contributed by atoms with van der Waals surface area (Å²) in [5, 5.41) is 4.23. The van der Waals surface area contributed by atoms with Crippen LogP contribution in [-0.4, -0.2) is 5.29 Å². The molecule has 1 aliphatic rings. The minimum atomic E-state index is -0.409. The molecule has 0 aromatic heterocycles. The van der Waals surface area contributed by atoms with Gasteiger partial charge in [0.1, 0.15) is 0 Å². The lowest BCUT2D eigenvalue weighted by Gasteiger charge is -1.98. The Morgan fingerprint density at radius 2 is 1.00 bits per heavy atom. The van der Waals surface area contributed by atoms with E-state index in [2.05, 4.69) is 85.0 Å². The zero-order valence-electron chi connectivity index (χ0n) is 10.0. The molecule has 0 unspecified atom stereocenters. The fourth-order valence-electron chi connectivity index (χ4n) is 2.11. The van der Waals surface area contributed by atoms with Gasteiger partial charge in [0.05, 0.1) is 0 Å². The summed E-state index contributed by atoms with van der Waals surface area (Å²) in [5.74, 6) is 0. The normalized spacial score (nSPS) is 13.0. The third kappa shape index (κ3) is 2.20. The highest BCUT2D eigenvalue weighted by molar-refractivity contribution is 7.74.